The number of nitrogens with one attached hydrogen (secondary N) is 1. The molecule has 0 saturated heterocycles. The van der Waals surface area contributed by atoms with Gasteiger partial charge in [-0.05, 0) is 50.7 Å². The fourth-order valence-corrected chi connectivity index (χ4v) is 3.15. The Labute approximate surface area is 119 Å². The number of hydrogen-bond donors (Lipinski definition) is 1. The zero-order valence-electron chi connectivity index (χ0n) is 13.9. The summed E-state index contributed by atoms with van der Waals surface area (Å²) in [5, 5.41) is 3.15. The molecule has 112 valence electrons. The summed E-state index contributed by atoms with van der Waals surface area (Å²) < 4.78 is 0. The van der Waals surface area contributed by atoms with E-state index in [0.717, 1.165) is 32.4 Å². The zero-order valence-corrected chi connectivity index (χ0v) is 13.9. The molecule has 0 heterocycles. The van der Waals surface area contributed by atoms with E-state index in [9.17, 15) is 4.79 Å². The lowest BCUT2D eigenvalue weighted by atomic mass is 9.78. The van der Waals surface area contributed by atoms with E-state index >= 15 is 0 Å². The van der Waals surface area contributed by atoms with Crippen LogP contribution in [-0.2, 0) is 4.79 Å². The minimum Gasteiger partial charge on any atom is -0.356 e. The molecule has 0 bridgehead atoms. The summed E-state index contributed by atoms with van der Waals surface area (Å²) in [7, 11) is 4.12. The minimum atomic E-state index is -0.136. The van der Waals surface area contributed by atoms with Gasteiger partial charge < -0.3 is 10.2 Å². The summed E-state index contributed by atoms with van der Waals surface area (Å²) >= 11 is 0. The molecule has 19 heavy (non-hydrogen) atoms. The number of carbonyl (C=O) groups is 1. The van der Waals surface area contributed by atoms with Crippen molar-refractivity contribution in [2.45, 2.75) is 53.9 Å². The van der Waals surface area contributed by atoms with Crippen LogP contribution in [0, 0.1) is 16.2 Å². The van der Waals surface area contributed by atoms with Crippen molar-refractivity contribution in [3.05, 3.63) is 0 Å². The Balaban J connectivity index is 2.52. The Hall–Kier alpha value is -0.570. The molecule has 1 N–H and O–H groups in total. The van der Waals surface area contributed by atoms with E-state index in [1.165, 1.54) is 0 Å². The highest BCUT2D eigenvalue weighted by molar-refractivity contribution is 5.87. The SMILES string of the molecule is CN(C)CCCNC(=O)C1(CC(C)(C)C)CC1(C)C. The van der Waals surface area contributed by atoms with Gasteiger partial charge in [0.15, 0.2) is 0 Å². The molecule has 3 heteroatoms. The molecule has 0 aromatic carbocycles. The molecule has 1 rings (SSSR count). The van der Waals surface area contributed by atoms with Gasteiger partial charge in [0.2, 0.25) is 5.91 Å². The molecule has 0 spiro atoms. The van der Waals surface area contributed by atoms with Gasteiger partial charge in [0.1, 0.15) is 0 Å². The maximum Gasteiger partial charge on any atom is 0.226 e. The monoisotopic (exact) mass is 268 g/mol. The predicted octanol–water partition coefficient (Wildman–Crippen LogP) is 2.91. The third kappa shape index (κ3) is 4.20. The molecule has 0 aromatic heterocycles. The van der Waals surface area contributed by atoms with E-state index in [0.29, 0.717) is 0 Å². The van der Waals surface area contributed by atoms with E-state index in [1.807, 2.05) is 0 Å². The summed E-state index contributed by atoms with van der Waals surface area (Å²) in [6.07, 6.45) is 3.02. The van der Waals surface area contributed by atoms with Gasteiger partial charge in [-0.3, -0.25) is 4.79 Å². The van der Waals surface area contributed by atoms with E-state index in [2.05, 4.69) is 58.9 Å². The summed E-state index contributed by atoms with van der Waals surface area (Å²) in [5.74, 6) is 0.270. The number of nitrogens with zero attached hydrogens (tertiary/aromatic N) is 1. The van der Waals surface area contributed by atoms with Crippen LogP contribution in [0.5, 0.6) is 0 Å². The second-order valence-electron chi connectivity index (χ2n) is 8.29. The van der Waals surface area contributed by atoms with Crippen molar-refractivity contribution < 1.29 is 4.79 Å². The highest BCUT2D eigenvalue weighted by Crippen LogP contribution is 2.67. The zero-order chi connectivity index (χ0) is 14.9. The fourth-order valence-electron chi connectivity index (χ4n) is 3.15. The van der Waals surface area contributed by atoms with Gasteiger partial charge in [0, 0.05) is 6.54 Å². The molecule has 1 amide bonds. The average Bonchev–Trinajstić information content (AvgIpc) is 2.73. The number of amides is 1. The Kier molecular flexibility index (Phi) is 4.71. The third-order valence-electron chi connectivity index (χ3n) is 4.25. The van der Waals surface area contributed by atoms with Crippen LogP contribution in [0.2, 0.25) is 0 Å². The standard InChI is InChI=1S/C16H32N2O/c1-14(2,3)11-16(12-15(16,4)5)13(19)17-9-8-10-18(6)7/h8-12H2,1-7H3,(H,17,19). The van der Waals surface area contributed by atoms with Crippen LogP contribution in [0.4, 0.5) is 0 Å². The smallest absolute Gasteiger partial charge is 0.226 e. The van der Waals surface area contributed by atoms with Crippen LogP contribution >= 0.6 is 0 Å². The Morgan fingerprint density at radius 2 is 1.79 bits per heavy atom. The first-order valence-electron chi connectivity index (χ1n) is 7.43. The molecule has 1 unspecified atom stereocenters. The van der Waals surface area contributed by atoms with Gasteiger partial charge in [0.25, 0.3) is 0 Å². The van der Waals surface area contributed by atoms with Gasteiger partial charge in [-0.25, -0.2) is 0 Å². The average molecular weight is 268 g/mol. The largest absolute Gasteiger partial charge is 0.356 e. The van der Waals surface area contributed by atoms with Crippen LogP contribution < -0.4 is 5.32 Å². The molecule has 1 saturated carbocycles. The molecular weight excluding hydrogens is 236 g/mol. The van der Waals surface area contributed by atoms with Crippen molar-refractivity contribution in [2.75, 3.05) is 27.2 Å². The summed E-state index contributed by atoms with van der Waals surface area (Å²) in [5.41, 5.74) is 0.226. The van der Waals surface area contributed by atoms with Gasteiger partial charge in [-0.2, -0.15) is 0 Å². The number of carbonyl (C=O) groups excluding carboxylic acids is 1. The van der Waals surface area contributed by atoms with E-state index in [-0.39, 0.29) is 22.2 Å². The molecule has 0 aromatic rings. The first-order chi connectivity index (χ1) is 8.50. The molecule has 0 aliphatic heterocycles. The van der Waals surface area contributed by atoms with Crippen molar-refractivity contribution in [1.82, 2.24) is 10.2 Å². The normalized spacial score (nSPS) is 25.5. The second-order valence-corrected chi connectivity index (χ2v) is 8.29. The second kappa shape index (κ2) is 5.43. The van der Waals surface area contributed by atoms with Crippen molar-refractivity contribution >= 4 is 5.91 Å². The molecular formula is C16H32N2O. The maximum absolute atomic E-state index is 12.5. The summed E-state index contributed by atoms with van der Waals surface area (Å²) in [6, 6.07) is 0. The maximum atomic E-state index is 12.5. The summed E-state index contributed by atoms with van der Waals surface area (Å²) in [4.78, 5) is 14.7. The van der Waals surface area contributed by atoms with E-state index < -0.39 is 0 Å². The Bertz CT molecular complexity index is 328. The van der Waals surface area contributed by atoms with Crippen molar-refractivity contribution in [1.29, 1.82) is 0 Å². The lowest BCUT2D eigenvalue weighted by Crippen LogP contribution is -2.38. The lowest BCUT2D eigenvalue weighted by Gasteiger charge is -2.28. The lowest BCUT2D eigenvalue weighted by molar-refractivity contribution is -0.128. The predicted molar refractivity (Wildman–Crippen MR) is 81.1 cm³/mol. The highest BCUT2D eigenvalue weighted by atomic mass is 16.2. The van der Waals surface area contributed by atoms with Crippen LogP contribution in [0.3, 0.4) is 0 Å². The molecule has 1 aliphatic rings. The molecule has 0 radical (unpaired) electrons. The summed E-state index contributed by atoms with van der Waals surface area (Å²) in [6.45, 7) is 12.9. The van der Waals surface area contributed by atoms with E-state index in [1.54, 1.807) is 0 Å². The molecule has 1 fully saturated rings. The minimum absolute atomic E-state index is 0.136. The first kappa shape index (κ1) is 16.5. The first-order valence-corrected chi connectivity index (χ1v) is 7.43. The third-order valence-corrected chi connectivity index (χ3v) is 4.25. The van der Waals surface area contributed by atoms with Gasteiger partial charge >= 0.3 is 0 Å². The van der Waals surface area contributed by atoms with Crippen LogP contribution in [0.25, 0.3) is 0 Å². The molecule has 1 aliphatic carbocycles. The van der Waals surface area contributed by atoms with Gasteiger partial charge in [-0.1, -0.05) is 34.6 Å². The van der Waals surface area contributed by atoms with Crippen LogP contribution in [0.1, 0.15) is 53.9 Å². The molecule has 1 atom stereocenters. The van der Waals surface area contributed by atoms with Crippen LogP contribution in [-0.4, -0.2) is 38.0 Å². The quantitative estimate of drug-likeness (QED) is 0.751. The Morgan fingerprint density at radius 1 is 1.26 bits per heavy atom. The fraction of sp³-hybridized carbons (Fsp3) is 0.938. The van der Waals surface area contributed by atoms with Crippen LogP contribution in [0.15, 0.2) is 0 Å². The van der Waals surface area contributed by atoms with Crippen molar-refractivity contribution in [3.63, 3.8) is 0 Å². The topological polar surface area (TPSA) is 32.3 Å². The Morgan fingerprint density at radius 3 is 2.16 bits per heavy atom. The highest BCUT2D eigenvalue weighted by Gasteiger charge is 2.66. The van der Waals surface area contributed by atoms with Gasteiger partial charge in [0.05, 0.1) is 5.41 Å². The van der Waals surface area contributed by atoms with Gasteiger partial charge in [-0.15, -0.1) is 0 Å². The van der Waals surface area contributed by atoms with Crippen molar-refractivity contribution in [3.8, 4) is 0 Å². The van der Waals surface area contributed by atoms with E-state index in [4.69, 9.17) is 0 Å². The number of rotatable bonds is 6. The molecule has 3 nitrogen and oxygen atoms in total. The number of hydrogen-bond acceptors (Lipinski definition) is 2. The van der Waals surface area contributed by atoms with Crippen molar-refractivity contribution in [2.24, 2.45) is 16.2 Å².